The molecule has 2 bridgehead atoms. The van der Waals surface area contributed by atoms with E-state index >= 15 is 0 Å². The quantitative estimate of drug-likeness (QED) is 0.527. The van der Waals surface area contributed by atoms with E-state index in [1.54, 1.807) is 36.2 Å². The molecule has 4 atom stereocenters. The Bertz CT molecular complexity index is 1140. The molecule has 0 radical (unpaired) electrons. The maximum Gasteiger partial charge on any atom is 0.253 e. The predicted molar refractivity (Wildman–Crippen MR) is 128 cm³/mol. The van der Waals surface area contributed by atoms with Gasteiger partial charge in [0.15, 0.2) is 5.78 Å². The van der Waals surface area contributed by atoms with Crippen LogP contribution in [0.3, 0.4) is 0 Å². The summed E-state index contributed by atoms with van der Waals surface area (Å²) in [6.45, 7) is 1.83. The molecule has 2 aliphatic rings. The minimum Gasteiger partial charge on any atom is -0.386 e. The Morgan fingerprint density at radius 3 is 1.91 bits per heavy atom. The van der Waals surface area contributed by atoms with E-state index in [0.29, 0.717) is 23.0 Å². The second-order valence-electron chi connectivity index (χ2n) is 9.40. The van der Waals surface area contributed by atoms with Crippen LogP contribution in [-0.4, -0.2) is 34.8 Å². The fourth-order valence-electron chi connectivity index (χ4n) is 5.75. The van der Waals surface area contributed by atoms with Crippen LogP contribution in [0, 0.1) is 5.92 Å². The molecule has 5 rings (SSSR count). The van der Waals surface area contributed by atoms with Crippen LogP contribution in [0.2, 0.25) is 0 Å². The summed E-state index contributed by atoms with van der Waals surface area (Å²) < 4.78 is 0. The summed E-state index contributed by atoms with van der Waals surface area (Å²) in [4.78, 5) is 28.0. The summed E-state index contributed by atoms with van der Waals surface area (Å²) >= 11 is 0. The first-order valence-corrected chi connectivity index (χ1v) is 11.7. The summed E-state index contributed by atoms with van der Waals surface area (Å²) in [6.07, 6.45) is 1.36. The standard InChI is InChI=1S/C29H29NO3/c1-18(27(31)19-8-4-3-5-9-19)30(2)29(33)21-14-12-20(13-15-21)28(32)26-24-16-17-25(26)23-11-7-6-10-22(23)24/h3-15,18,24-27,31H,16-17H2,1-2H3/t18-,24?,25?,26?,27+/m1/s1. The summed E-state index contributed by atoms with van der Waals surface area (Å²) in [5.41, 5.74) is 4.64. The monoisotopic (exact) mass is 439 g/mol. The van der Waals surface area contributed by atoms with Crippen molar-refractivity contribution in [3.8, 4) is 0 Å². The number of likely N-dealkylation sites (N-methyl/N-ethyl adjacent to an activating group) is 1. The van der Waals surface area contributed by atoms with Crippen molar-refractivity contribution in [3.63, 3.8) is 0 Å². The molecule has 4 nitrogen and oxygen atoms in total. The van der Waals surface area contributed by atoms with Crippen LogP contribution < -0.4 is 0 Å². The second kappa shape index (κ2) is 8.60. The molecule has 1 saturated carbocycles. The lowest BCUT2D eigenvalue weighted by Crippen LogP contribution is -2.39. The number of rotatable bonds is 6. The van der Waals surface area contributed by atoms with Crippen molar-refractivity contribution in [1.29, 1.82) is 0 Å². The summed E-state index contributed by atoms with van der Waals surface area (Å²) in [5.74, 6) is 0.634. The lowest BCUT2D eigenvalue weighted by molar-refractivity contribution is 0.0487. The fraction of sp³-hybridized carbons (Fsp3) is 0.310. The number of nitrogens with zero attached hydrogens (tertiary/aromatic N) is 1. The van der Waals surface area contributed by atoms with E-state index in [9.17, 15) is 14.7 Å². The highest BCUT2D eigenvalue weighted by atomic mass is 16.3. The first kappa shape index (κ1) is 21.6. The minimum atomic E-state index is -0.777. The average Bonchev–Trinajstić information content (AvgIpc) is 3.45. The van der Waals surface area contributed by atoms with Gasteiger partial charge in [-0.05, 0) is 60.4 Å². The van der Waals surface area contributed by atoms with Crippen molar-refractivity contribution in [2.24, 2.45) is 5.92 Å². The van der Waals surface area contributed by atoms with Gasteiger partial charge in [-0.25, -0.2) is 0 Å². The molecule has 1 amide bonds. The number of ketones is 1. The Morgan fingerprint density at radius 1 is 0.818 bits per heavy atom. The van der Waals surface area contributed by atoms with Gasteiger partial charge in [0.25, 0.3) is 5.91 Å². The van der Waals surface area contributed by atoms with Gasteiger partial charge in [0, 0.05) is 24.1 Å². The molecule has 0 aromatic heterocycles. The molecule has 4 heteroatoms. The minimum absolute atomic E-state index is 0.00710. The highest BCUT2D eigenvalue weighted by molar-refractivity contribution is 6.01. The van der Waals surface area contributed by atoms with E-state index in [1.807, 2.05) is 37.3 Å². The van der Waals surface area contributed by atoms with Crippen LogP contribution in [0.4, 0.5) is 0 Å². The van der Waals surface area contributed by atoms with Gasteiger partial charge in [0.05, 0.1) is 12.1 Å². The Hall–Kier alpha value is -3.24. The van der Waals surface area contributed by atoms with Crippen LogP contribution in [0.5, 0.6) is 0 Å². The van der Waals surface area contributed by atoms with Crippen LogP contribution >= 0.6 is 0 Å². The van der Waals surface area contributed by atoms with Crippen molar-refractivity contribution in [2.45, 2.75) is 43.7 Å². The van der Waals surface area contributed by atoms with Gasteiger partial charge in [-0.15, -0.1) is 0 Å². The third-order valence-corrected chi connectivity index (χ3v) is 7.70. The van der Waals surface area contributed by atoms with E-state index in [4.69, 9.17) is 0 Å². The zero-order chi connectivity index (χ0) is 23.1. The number of carbonyl (C=O) groups excluding carboxylic acids is 2. The number of aliphatic hydroxyl groups is 1. The summed E-state index contributed by atoms with van der Waals surface area (Å²) in [6, 6.07) is 24.5. The van der Waals surface area contributed by atoms with E-state index in [2.05, 4.69) is 24.3 Å². The number of Topliss-reactive ketones (excluding diaryl/α,β-unsaturated/α-hetero) is 1. The van der Waals surface area contributed by atoms with Gasteiger partial charge in [-0.1, -0.05) is 66.7 Å². The first-order chi connectivity index (χ1) is 16.0. The molecule has 0 aliphatic heterocycles. The average molecular weight is 440 g/mol. The van der Waals surface area contributed by atoms with Crippen molar-refractivity contribution in [2.75, 3.05) is 7.05 Å². The van der Waals surface area contributed by atoms with Gasteiger partial charge in [0.1, 0.15) is 0 Å². The molecule has 1 N–H and O–H groups in total. The molecule has 1 fully saturated rings. The molecule has 0 saturated heterocycles. The Labute approximate surface area is 194 Å². The Balaban J connectivity index is 1.30. The maximum absolute atomic E-state index is 13.4. The topological polar surface area (TPSA) is 57.6 Å². The fourth-order valence-corrected chi connectivity index (χ4v) is 5.75. The van der Waals surface area contributed by atoms with E-state index in [-0.39, 0.29) is 17.6 Å². The van der Waals surface area contributed by atoms with Crippen LogP contribution in [0.15, 0.2) is 78.9 Å². The molecular formula is C29H29NO3. The third kappa shape index (κ3) is 3.68. The normalized spacial score (nSPS) is 22.5. The van der Waals surface area contributed by atoms with Crippen molar-refractivity contribution >= 4 is 11.7 Å². The highest BCUT2D eigenvalue weighted by Gasteiger charge is 2.49. The summed E-state index contributed by atoms with van der Waals surface area (Å²) in [5, 5.41) is 10.7. The number of amides is 1. The third-order valence-electron chi connectivity index (χ3n) is 7.70. The van der Waals surface area contributed by atoms with Crippen molar-refractivity contribution in [1.82, 2.24) is 4.90 Å². The molecule has 33 heavy (non-hydrogen) atoms. The zero-order valence-corrected chi connectivity index (χ0v) is 19.0. The molecule has 2 aliphatic carbocycles. The molecule has 0 spiro atoms. The van der Waals surface area contributed by atoms with Gasteiger partial charge in [-0.3, -0.25) is 9.59 Å². The first-order valence-electron chi connectivity index (χ1n) is 11.7. The SMILES string of the molecule is C[C@H]([C@H](O)c1ccccc1)N(C)C(=O)c1ccc(C(=O)C2C3CCC2c2ccccc23)cc1. The number of benzene rings is 3. The van der Waals surface area contributed by atoms with E-state index in [1.165, 1.54) is 11.1 Å². The second-order valence-corrected chi connectivity index (χ2v) is 9.40. The number of carbonyl (C=O) groups is 2. The number of aliphatic hydroxyl groups excluding tert-OH is 1. The molecule has 2 unspecified atom stereocenters. The Kier molecular flexibility index (Phi) is 5.63. The summed E-state index contributed by atoms with van der Waals surface area (Å²) in [7, 11) is 1.70. The van der Waals surface area contributed by atoms with Crippen LogP contribution in [-0.2, 0) is 0 Å². The number of hydrogen-bond acceptors (Lipinski definition) is 3. The molecular weight excluding hydrogens is 410 g/mol. The van der Waals surface area contributed by atoms with Gasteiger partial charge >= 0.3 is 0 Å². The Morgan fingerprint density at radius 2 is 1.33 bits per heavy atom. The molecule has 3 aromatic carbocycles. The lowest BCUT2D eigenvalue weighted by atomic mass is 9.87. The molecule has 0 heterocycles. The molecule has 3 aromatic rings. The van der Waals surface area contributed by atoms with Crippen molar-refractivity contribution < 1.29 is 14.7 Å². The predicted octanol–water partition coefficient (Wildman–Crippen LogP) is 5.35. The molecule has 168 valence electrons. The highest BCUT2D eigenvalue weighted by Crippen LogP contribution is 2.57. The lowest BCUT2D eigenvalue weighted by Gasteiger charge is -2.29. The number of hydrogen-bond donors (Lipinski definition) is 1. The number of fused-ring (bicyclic) bond motifs is 5. The van der Waals surface area contributed by atoms with Crippen molar-refractivity contribution in [3.05, 3.63) is 107 Å². The van der Waals surface area contributed by atoms with E-state index < -0.39 is 12.1 Å². The van der Waals surface area contributed by atoms with Crippen LogP contribution in [0.25, 0.3) is 0 Å². The van der Waals surface area contributed by atoms with Gasteiger partial charge in [0.2, 0.25) is 0 Å². The maximum atomic E-state index is 13.4. The van der Waals surface area contributed by atoms with Crippen LogP contribution in [0.1, 0.15) is 75.1 Å². The van der Waals surface area contributed by atoms with Gasteiger partial charge < -0.3 is 10.0 Å². The zero-order valence-electron chi connectivity index (χ0n) is 19.0. The van der Waals surface area contributed by atoms with Gasteiger partial charge in [-0.2, -0.15) is 0 Å². The largest absolute Gasteiger partial charge is 0.386 e. The van der Waals surface area contributed by atoms with E-state index in [0.717, 1.165) is 18.4 Å². The smallest absolute Gasteiger partial charge is 0.253 e.